The zero-order valence-electron chi connectivity index (χ0n) is 47.8. The fraction of sp³-hybridized carbons (Fsp3) is 0.894. The number of ketones is 1. The van der Waals surface area contributed by atoms with Crippen LogP contribution in [-0.2, 0) is 4.79 Å². The van der Waals surface area contributed by atoms with E-state index in [1.54, 1.807) is 6.08 Å². The van der Waals surface area contributed by atoms with Gasteiger partial charge in [0, 0.05) is 6.42 Å². The molecule has 0 fully saturated rings. The van der Waals surface area contributed by atoms with Crippen LogP contribution < -0.4 is 5.73 Å². The predicted octanol–water partition coefficient (Wildman–Crippen LogP) is 21.4. The Labute approximate surface area is 439 Å². The van der Waals surface area contributed by atoms with Crippen LogP contribution >= 0.6 is 0 Å². The third kappa shape index (κ3) is 54.5. The molecule has 0 aromatic rings. The van der Waals surface area contributed by atoms with Gasteiger partial charge in [0.15, 0.2) is 5.78 Å². The topological polar surface area (TPSA) is 83.5 Å². The molecule has 0 rings (SSSR count). The third-order valence-electron chi connectivity index (χ3n) is 15.3. The molecule has 0 aromatic heterocycles. The van der Waals surface area contributed by atoms with Crippen LogP contribution in [0.15, 0.2) is 36.5 Å². The van der Waals surface area contributed by atoms with E-state index in [0.717, 1.165) is 38.5 Å². The first-order valence-corrected chi connectivity index (χ1v) is 32.2. The number of hydrogen-bond acceptors (Lipinski definition) is 4. The van der Waals surface area contributed by atoms with Gasteiger partial charge in [-0.1, -0.05) is 339 Å². The summed E-state index contributed by atoms with van der Waals surface area (Å²) in [5, 5.41) is 20.8. The quantitative estimate of drug-likeness (QED) is 0.0419. The highest BCUT2D eigenvalue weighted by Gasteiger charge is 2.26. The second-order valence-corrected chi connectivity index (χ2v) is 22.3. The average Bonchev–Trinajstić information content (AvgIpc) is 3.37. The number of carbonyl (C=O) groups excluding carboxylic acids is 1. The van der Waals surface area contributed by atoms with Gasteiger partial charge in [0.1, 0.15) is 6.10 Å². The molecule has 0 spiro atoms. The van der Waals surface area contributed by atoms with Gasteiger partial charge in [0.25, 0.3) is 0 Å². The minimum atomic E-state index is -1.29. The lowest BCUT2D eigenvalue weighted by Crippen LogP contribution is -2.47. The number of Topliss-reactive ketones (excluding diaryl/α,β-unsaturated/α-hetero) is 1. The van der Waals surface area contributed by atoms with Crippen molar-refractivity contribution >= 4 is 5.78 Å². The van der Waals surface area contributed by atoms with Crippen molar-refractivity contribution in [3.05, 3.63) is 36.5 Å². The summed E-state index contributed by atoms with van der Waals surface area (Å²) < 4.78 is 0. The number of carbonyl (C=O) groups is 1. The molecule has 0 aliphatic heterocycles. The summed E-state index contributed by atoms with van der Waals surface area (Å²) in [5.74, 6) is -0.230. The molecular weight excluding hydrogens is 855 g/mol. The summed E-state index contributed by atoms with van der Waals surface area (Å²) in [4.78, 5) is 12.5. The second kappa shape index (κ2) is 60.3. The number of rotatable bonds is 60. The van der Waals surface area contributed by atoms with Crippen LogP contribution in [0.4, 0.5) is 0 Å². The lowest BCUT2D eigenvalue weighted by Gasteiger charge is -2.21. The maximum atomic E-state index is 12.5. The number of hydrogen-bond donors (Lipinski definition) is 3. The van der Waals surface area contributed by atoms with Gasteiger partial charge in [-0.3, -0.25) is 4.79 Å². The van der Waals surface area contributed by atoms with Crippen LogP contribution in [-0.4, -0.2) is 34.2 Å². The lowest BCUT2D eigenvalue weighted by molar-refractivity contribution is -0.129. The highest BCUT2D eigenvalue weighted by molar-refractivity contribution is 5.83. The molecule has 70 heavy (non-hydrogen) atoms. The molecule has 0 bridgehead atoms. The summed E-state index contributed by atoms with van der Waals surface area (Å²) in [7, 11) is 0. The van der Waals surface area contributed by atoms with E-state index in [1.165, 1.54) is 302 Å². The zero-order valence-corrected chi connectivity index (χ0v) is 47.8. The molecule has 3 atom stereocenters. The average molecular weight is 983 g/mol. The standard InChI is InChI=1S/C66H127NO3/c1-3-5-7-9-11-13-15-17-18-19-20-21-22-23-24-25-26-27-28-29-30-31-32-33-34-35-36-37-38-39-40-41-42-43-44-45-46-47-48-50-52-54-56-58-60-62-64(69)66(70)65(67)63(68)61-59-57-55-53-51-49-16-14-12-10-8-6-4-2/h11,13,17-18,59,61,63,65-66,68,70H,3-10,12,14-16,19-58,60,62,67H2,1-2H3/b13-11-,18-17-,61-59+/t63-,65-,66?/m1/s1. The molecule has 0 aromatic carbocycles. The highest BCUT2D eigenvalue weighted by Crippen LogP contribution is 2.19. The van der Waals surface area contributed by atoms with Crippen molar-refractivity contribution in [1.29, 1.82) is 0 Å². The van der Waals surface area contributed by atoms with E-state index in [9.17, 15) is 15.0 Å². The number of nitrogens with two attached hydrogens (primary N) is 1. The second-order valence-electron chi connectivity index (χ2n) is 22.3. The Balaban J connectivity index is 3.32. The Hall–Kier alpha value is -1.23. The van der Waals surface area contributed by atoms with Gasteiger partial charge in [-0.2, -0.15) is 0 Å². The van der Waals surface area contributed by atoms with Crippen molar-refractivity contribution in [1.82, 2.24) is 0 Å². The van der Waals surface area contributed by atoms with Gasteiger partial charge < -0.3 is 15.9 Å². The van der Waals surface area contributed by atoms with Crippen molar-refractivity contribution in [2.45, 2.75) is 379 Å². The fourth-order valence-electron chi connectivity index (χ4n) is 10.3. The molecule has 0 saturated carbocycles. The van der Waals surface area contributed by atoms with E-state index in [1.807, 2.05) is 6.08 Å². The largest absolute Gasteiger partial charge is 0.387 e. The van der Waals surface area contributed by atoms with E-state index < -0.39 is 18.2 Å². The van der Waals surface area contributed by atoms with Gasteiger partial charge >= 0.3 is 0 Å². The van der Waals surface area contributed by atoms with Crippen LogP contribution in [0.25, 0.3) is 0 Å². The van der Waals surface area contributed by atoms with Crippen LogP contribution in [0, 0.1) is 0 Å². The van der Waals surface area contributed by atoms with Crippen LogP contribution in [0.5, 0.6) is 0 Å². The third-order valence-corrected chi connectivity index (χ3v) is 15.3. The van der Waals surface area contributed by atoms with Crippen LogP contribution in [0.1, 0.15) is 361 Å². The molecule has 1 unspecified atom stereocenters. The van der Waals surface area contributed by atoms with E-state index in [0.29, 0.717) is 6.42 Å². The molecule has 4 N–H and O–H groups in total. The Kier molecular flexibility index (Phi) is 59.3. The Bertz CT molecular complexity index is 1080. The van der Waals surface area contributed by atoms with Gasteiger partial charge in [0.05, 0.1) is 12.1 Å². The first kappa shape index (κ1) is 68.8. The molecular formula is C66H127NO3. The van der Waals surface area contributed by atoms with Crippen molar-refractivity contribution < 1.29 is 15.0 Å². The number of aliphatic hydroxyl groups excluding tert-OH is 2. The molecule has 0 radical (unpaired) electrons. The Morgan fingerprint density at radius 3 is 0.857 bits per heavy atom. The SMILES string of the molecule is CCCCC/C=C\C/C=C\CCCCCCCCCCCCCCCCCCCCCCCCCCCCCCCCCCCCCC(=O)C(O)[C@H](N)[C@H](O)/C=C/CCCCCCCCCCCCC. The number of allylic oxidation sites excluding steroid dienone is 5. The summed E-state index contributed by atoms with van der Waals surface area (Å²) in [5.41, 5.74) is 6.06. The first-order chi connectivity index (χ1) is 34.5. The van der Waals surface area contributed by atoms with Crippen LogP contribution in [0.3, 0.4) is 0 Å². The first-order valence-electron chi connectivity index (χ1n) is 32.2. The molecule has 0 aliphatic carbocycles. The summed E-state index contributed by atoms with van der Waals surface area (Å²) in [6.45, 7) is 4.54. The number of aliphatic hydroxyl groups is 2. The molecule has 0 heterocycles. The van der Waals surface area contributed by atoms with Crippen LogP contribution in [0.2, 0.25) is 0 Å². The van der Waals surface area contributed by atoms with Gasteiger partial charge in [0.2, 0.25) is 0 Å². The predicted molar refractivity (Wildman–Crippen MR) is 313 cm³/mol. The summed E-state index contributed by atoms with van der Waals surface area (Å²) in [6, 6.07) is -0.952. The molecule has 4 heteroatoms. The van der Waals surface area contributed by atoms with Crippen molar-refractivity contribution in [3.63, 3.8) is 0 Å². The zero-order chi connectivity index (χ0) is 50.7. The normalized spacial score (nSPS) is 13.4. The minimum Gasteiger partial charge on any atom is -0.387 e. The lowest BCUT2D eigenvalue weighted by atomic mass is 9.97. The van der Waals surface area contributed by atoms with Gasteiger partial charge in [-0.15, -0.1) is 0 Å². The van der Waals surface area contributed by atoms with E-state index >= 15 is 0 Å². The maximum absolute atomic E-state index is 12.5. The molecule has 0 aliphatic rings. The molecule has 0 amide bonds. The smallest absolute Gasteiger partial charge is 0.162 e. The molecule has 0 saturated heterocycles. The van der Waals surface area contributed by atoms with Gasteiger partial charge in [-0.25, -0.2) is 0 Å². The minimum absolute atomic E-state index is 0.230. The van der Waals surface area contributed by atoms with Crippen molar-refractivity contribution in [3.8, 4) is 0 Å². The molecule has 414 valence electrons. The van der Waals surface area contributed by atoms with Crippen molar-refractivity contribution in [2.75, 3.05) is 0 Å². The van der Waals surface area contributed by atoms with E-state index in [-0.39, 0.29) is 5.78 Å². The Morgan fingerprint density at radius 2 is 0.557 bits per heavy atom. The van der Waals surface area contributed by atoms with Gasteiger partial charge in [-0.05, 0) is 51.4 Å². The number of unbranched alkanes of at least 4 members (excludes halogenated alkanes) is 49. The van der Waals surface area contributed by atoms with E-state index in [2.05, 4.69) is 38.2 Å². The monoisotopic (exact) mass is 982 g/mol. The molecule has 4 nitrogen and oxygen atoms in total. The summed E-state index contributed by atoms with van der Waals surface area (Å²) in [6.07, 6.45) is 82.9. The van der Waals surface area contributed by atoms with Crippen molar-refractivity contribution in [2.24, 2.45) is 5.73 Å². The summed E-state index contributed by atoms with van der Waals surface area (Å²) >= 11 is 0. The fourth-order valence-corrected chi connectivity index (χ4v) is 10.3. The maximum Gasteiger partial charge on any atom is 0.162 e. The Morgan fingerprint density at radius 1 is 0.329 bits per heavy atom. The highest BCUT2D eigenvalue weighted by atomic mass is 16.3. The van der Waals surface area contributed by atoms with E-state index in [4.69, 9.17) is 5.73 Å².